The van der Waals surface area contributed by atoms with Gasteiger partial charge in [-0.2, -0.15) is 0 Å². The molecular weight excluding hydrogens is 366 g/mol. The minimum Gasteiger partial charge on any atom is -0.497 e. The number of piperidine rings is 2. The van der Waals surface area contributed by atoms with Gasteiger partial charge in [0.1, 0.15) is 11.5 Å². The largest absolute Gasteiger partial charge is 0.497 e. The Balaban J connectivity index is 0.00000261. The molecule has 2 heterocycles. The molecule has 1 unspecified atom stereocenters. The number of halogens is 1. The number of anilines is 1. The van der Waals surface area contributed by atoms with Crippen molar-refractivity contribution < 1.29 is 14.3 Å². The molecule has 2 saturated heterocycles. The molecule has 0 aromatic heterocycles. The predicted octanol–water partition coefficient (Wildman–Crippen LogP) is 2.92. The van der Waals surface area contributed by atoms with Gasteiger partial charge in [0.05, 0.1) is 14.2 Å². The maximum absolute atomic E-state index is 12.9. The van der Waals surface area contributed by atoms with Crippen molar-refractivity contribution in [1.29, 1.82) is 0 Å². The van der Waals surface area contributed by atoms with Gasteiger partial charge in [-0.15, -0.1) is 12.4 Å². The second-order valence-corrected chi connectivity index (χ2v) is 7.45. The van der Waals surface area contributed by atoms with E-state index in [-0.39, 0.29) is 24.4 Å². The minimum atomic E-state index is 0. The van der Waals surface area contributed by atoms with Crippen molar-refractivity contribution in [1.82, 2.24) is 10.2 Å². The zero-order valence-electron chi connectivity index (χ0n) is 16.5. The van der Waals surface area contributed by atoms with Crippen LogP contribution in [-0.2, 0) is 4.79 Å². The first kappa shape index (κ1) is 21.6. The highest BCUT2D eigenvalue weighted by molar-refractivity contribution is 5.85. The number of carbonyl (C=O) groups is 1. The Morgan fingerprint density at radius 1 is 1.19 bits per heavy atom. The molecule has 0 saturated carbocycles. The summed E-state index contributed by atoms with van der Waals surface area (Å²) in [7, 11) is 3.30. The van der Waals surface area contributed by atoms with E-state index < -0.39 is 0 Å². The third-order valence-electron chi connectivity index (χ3n) is 5.43. The number of likely N-dealkylation sites (tertiary alicyclic amines) is 1. The molecule has 3 atom stereocenters. The number of nitrogens with zero attached hydrogens (tertiary/aromatic N) is 1. The first-order chi connectivity index (χ1) is 12.6. The lowest BCUT2D eigenvalue weighted by Crippen LogP contribution is -2.49. The third kappa shape index (κ3) is 5.66. The van der Waals surface area contributed by atoms with Crippen LogP contribution in [0.25, 0.3) is 0 Å². The Kier molecular flexibility index (Phi) is 8.05. The number of hydrogen-bond acceptors (Lipinski definition) is 5. The fourth-order valence-electron chi connectivity index (χ4n) is 4.04. The molecule has 2 aliphatic rings. The summed E-state index contributed by atoms with van der Waals surface area (Å²) in [6.45, 7) is 4.74. The summed E-state index contributed by atoms with van der Waals surface area (Å²) in [4.78, 5) is 15.0. The Morgan fingerprint density at radius 2 is 1.89 bits per heavy atom. The predicted molar refractivity (Wildman–Crippen MR) is 110 cm³/mol. The number of hydrogen-bond donors (Lipinski definition) is 2. The molecule has 2 fully saturated rings. The molecule has 2 aliphatic heterocycles. The van der Waals surface area contributed by atoms with Gasteiger partial charge in [0.25, 0.3) is 0 Å². The fraction of sp³-hybridized carbons (Fsp3) is 0.650. The fourth-order valence-corrected chi connectivity index (χ4v) is 4.04. The summed E-state index contributed by atoms with van der Waals surface area (Å²) in [5.74, 6) is 2.02. The van der Waals surface area contributed by atoms with Crippen LogP contribution in [0, 0.1) is 5.92 Å². The lowest BCUT2D eigenvalue weighted by molar-refractivity contribution is -0.137. The van der Waals surface area contributed by atoms with Gasteiger partial charge in [0.2, 0.25) is 5.91 Å². The molecule has 7 heteroatoms. The lowest BCUT2D eigenvalue weighted by atomic mass is 9.91. The smallest absolute Gasteiger partial charge is 0.225 e. The van der Waals surface area contributed by atoms with Crippen LogP contribution in [0.4, 0.5) is 5.69 Å². The summed E-state index contributed by atoms with van der Waals surface area (Å²) < 4.78 is 10.7. The van der Waals surface area contributed by atoms with Crippen molar-refractivity contribution in [2.45, 2.75) is 44.7 Å². The van der Waals surface area contributed by atoms with Crippen molar-refractivity contribution in [2.75, 3.05) is 39.2 Å². The summed E-state index contributed by atoms with van der Waals surface area (Å²) in [6.07, 6.45) is 3.99. The highest BCUT2D eigenvalue weighted by Gasteiger charge is 2.31. The van der Waals surface area contributed by atoms with Crippen LogP contribution >= 0.6 is 12.4 Å². The molecule has 0 spiro atoms. The molecule has 27 heavy (non-hydrogen) atoms. The number of ether oxygens (including phenoxy) is 2. The third-order valence-corrected chi connectivity index (χ3v) is 5.43. The van der Waals surface area contributed by atoms with Crippen molar-refractivity contribution in [3.8, 4) is 11.5 Å². The van der Waals surface area contributed by atoms with Crippen LogP contribution in [0.1, 0.15) is 32.6 Å². The van der Waals surface area contributed by atoms with E-state index in [1.807, 2.05) is 18.2 Å². The molecule has 1 aromatic carbocycles. The molecule has 1 aromatic rings. The van der Waals surface area contributed by atoms with Crippen molar-refractivity contribution in [3.63, 3.8) is 0 Å². The number of rotatable bonds is 5. The summed E-state index contributed by atoms with van der Waals surface area (Å²) in [5, 5.41) is 6.99. The monoisotopic (exact) mass is 397 g/mol. The van der Waals surface area contributed by atoms with Crippen LogP contribution < -0.4 is 20.1 Å². The van der Waals surface area contributed by atoms with Gasteiger partial charge in [-0.1, -0.05) is 0 Å². The Morgan fingerprint density at radius 3 is 2.52 bits per heavy atom. The summed E-state index contributed by atoms with van der Waals surface area (Å²) >= 11 is 0. The zero-order chi connectivity index (χ0) is 18.5. The maximum Gasteiger partial charge on any atom is 0.225 e. The molecule has 1 amide bonds. The first-order valence-electron chi connectivity index (χ1n) is 9.61. The van der Waals surface area contributed by atoms with Gasteiger partial charge in [0.15, 0.2) is 0 Å². The Labute approximate surface area is 168 Å². The topological polar surface area (TPSA) is 62.8 Å². The number of carbonyl (C=O) groups excluding carboxylic acids is 1. The van der Waals surface area contributed by atoms with E-state index in [1.54, 1.807) is 14.2 Å². The van der Waals surface area contributed by atoms with E-state index in [0.717, 1.165) is 62.5 Å². The molecule has 3 rings (SSSR count). The minimum absolute atomic E-state index is 0. The van der Waals surface area contributed by atoms with Crippen molar-refractivity contribution >= 4 is 24.0 Å². The SMILES string of the molecule is COc1cc(NC2CCCN(C(=O)[C@H]3CCN[C@@H](C)C3)C2)cc(OC)c1.Cl. The van der Waals surface area contributed by atoms with Gasteiger partial charge in [-0.25, -0.2) is 0 Å². The molecular formula is C20H32ClN3O3. The number of methoxy groups -OCH3 is 2. The van der Waals surface area contributed by atoms with E-state index in [4.69, 9.17) is 9.47 Å². The Bertz CT molecular complexity index is 606. The van der Waals surface area contributed by atoms with Gasteiger partial charge < -0.3 is 25.0 Å². The zero-order valence-corrected chi connectivity index (χ0v) is 17.3. The standard InChI is InChI=1S/C20H31N3O3.ClH/c1-14-9-15(6-7-21-14)20(24)23-8-4-5-16(13-23)22-17-10-18(25-2)12-19(11-17)26-3;/h10-12,14-16,21-22H,4-9,13H2,1-3H3;1H/t14-,15-,16?;/m0./s1. The average molecular weight is 398 g/mol. The van der Waals surface area contributed by atoms with Gasteiger partial charge in [-0.05, 0) is 39.2 Å². The summed E-state index contributed by atoms with van der Waals surface area (Å²) in [6, 6.07) is 6.49. The first-order valence-corrected chi connectivity index (χ1v) is 9.61. The van der Waals surface area contributed by atoms with Crippen molar-refractivity contribution in [3.05, 3.63) is 18.2 Å². The highest BCUT2D eigenvalue weighted by atomic mass is 35.5. The Hall–Kier alpha value is -1.66. The molecule has 6 nitrogen and oxygen atoms in total. The average Bonchev–Trinajstić information content (AvgIpc) is 2.67. The molecule has 0 aliphatic carbocycles. The quantitative estimate of drug-likeness (QED) is 0.799. The number of amides is 1. The van der Waals surface area contributed by atoms with E-state index >= 15 is 0 Å². The number of nitrogens with one attached hydrogen (secondary N) is 2. The van der Waals surface area contributed by atoms with E-state index in [2.05, 4.69) is 22.5 Å². The van der Waals surface area contributed by atoms with Crippen LogP contribution in [0.15, 0.2) is 18.2 Å². The molecule has 0 bridgehead atoms. The van der Waals surface area contributed by atoms with E-state index in [1.165, 1.54) is 0 Å². The second kappa shape index (κ2) is 10.0. The molecule has 152 valence electrons. The van der Waals surface area contributed by atoms with Crippen LogP contribution in [0.5, 0.6) is 11.5 Å². The normalized spacial score (nSPS) is 25.3. The van der Waals surface area contributed by atoms with Gasteiger partial charge in [-0.3, -0.25) is 4.79 Å². The maximum atomic E-state index is 12.9. The van der Waals surface area contributed by atoms with Crippen LogP contribution in [0.3, 0.4) is 0 Å². The van der Waals surface area contributed by atoms with Gasteiger partial charge in [0, 0.05) is 55.0 Å². The molecule has 2 N–H and O–H groups in total. The van der Waals surface area contributed by atoms with Crippen molar-refractivity contribution in [2.24, 2.45) is 5.92 Å². The summed E-state index contributed by atoms with van der Waals surface area (Å²) in [5.41, 5.74) is 0.969. The van der Waals surface area contributed by atoms with E-state index in [0.29, 0.717) is 11.9 Å². The van der Waals surface area contributed by atoms with Crippen LogP contribution in [0.2, 0.25) is 0 Å². The second-order valence-electron chi connectivity index (χ2n) is 7.45. The lowest BCUT2D eigenvalue weighted by Gasteiger charge is -2.37. The highest BCUT2D eigenvalue weighted by Crippen LogP contribution is 2.28. The van der Waals surface area contributed by atoms with E-state index in [9.17, 15) is 4.79 Å². The number of benzene rings is 1. The molecule has 0 radical (unpaired) electrons. The van der Waals surface area contributed by atoms with Crippen LogP contribution in [-0.4, -0.2) is 56.7 Å². The van der Waals surface area contributed by atoms with Gasteiger partial charge >= 0.3 is 0 Å².